The lowest BCUT2D eigenvalue weighted by Gasteiger charge is -2.55. The Balaban J connectivity index is 1.70. The molecule has 1 saturated carbocycles. The molecule has 3 rings (SSSR count). The van der Waals surface area contributed by atoms with Crippen LogP contribution in [0.4, 0.5) is 0 Å². The zero-order valence-corrected chi connectivity index (χ0v) is 15.0. The van der Waals surface area contributed by atoms with Gasteiger partial charge in [0.2, 0.25) is 0 Å². The van der Waals surface area contributed by atoms with Crippen molar-refractivity contribution in [1.82, 2.24) is 14.8 Å². The summed E-state index contributed by atoms with van der Waals surface area (Å²) in [6.07, 6.45) is 3.65. The van der Waals surface area contributed by atoms with Gasteiger partial charge in [0.25, 0.3) is 0 Å². The smallest absolute Gasteiger partial charge is 0.194 e. The average Bonchev–Trinajstić information content (AvgIpc) is 3.11. The summed E-state index contributed by atoms with van der Waals surface area (Å²) in [7, 11) is 4.20. The van der Waals surface area contributed by atoms with Crippen LogP contribution in [0, 0.1) is 11.3 Å². The van der Waals surface area contributed by atoms with E-state index in [1.807, 2.05) is 0 Å². The Morgan fingerprint density at radius 3 is 2.96 bits per heavy atom. The maximum absolute atomic E-state index is 5.90. The van der Waals surface area contributed by atoms with Gasteiger partial charge in [-0.1, -0.05) is 13.8 Å². The minimum Gasteiger partial charge on any atom is -0.377 e. The Morgan fingerprint density at radius 2 is 2.30 bits per heavy atom. The second-order valence-corrected chi connectivity index (χ2v) is 7.45. The first kappa shape index (κ1) is 16.4. The number of ether oxygens (including phenoxy) is 1. The molecule has 2 heterocycles. The van der Waals surface area contributed by atoms with Gasteiger partial charge in [0, 0.05) is 56.5 Å². The molecular formula is C18H30N4O. The molecule has 1 aliphatic carbocycles. The van der Waals surface area contributed by atoms with Crippen LogP contribution in [0.5, 0.6) is 0 Å². The van der Waals surface area contributed by atoms with Crippen LogP contribution in [-0.4, -0.2) is 47.8 Å². The summed E-state index contributed by atoms with van der Waals surface area (Å²) < 4.78 is 8.06. The van der Waals surface area contributed by atoms with Crippen LogP contribution in [-0.2, 0) is 18.3 Å². The number of guanidine groups is 1. The topological polar surface area (TPSA) is 41.8 Å². The Labute approximate surface area is 139 Å². The van der Waals surface area contributed by atoms with E-state index >= 15 is 0 Å². The zero-order chi connectivity index (χ0) is 16.6. The standard InChI is InChI=1S/C18H30N4O/c1-6-19-17(22(5)12-13-8-7-10-21(13)4)20-15-14-9-11-23-16(14)18(15,2)3/h7-8,10,14-16H,6,9,11-12H2,1-5H3,(H,19,20). The van der Waals surface area contributed by atoms with Gasteiger partial charge in [0.05, 0.1) is 12.6 Å². The molecule has 0 bridgehead atoms. The summed E-state index contributed by atoms with van der Waals surface area (Å²) in [6.45, 7) is 9.24. The summed E-state index contributed by atoms with van der Waals surface area (Å²) in [5.41, 5.74) is 1.45. The van der Waals surface area contributed by atoms with Crippen molar-refractivity contribution in [2.45, 2.75) is 45.9 Å². The van der Waals surface area contributed by atoms with E-state index in [4.69, 9.17) is 9.73 Å². The van der Waals surface area contributed by atoms with Crippen LogP contribution < -0.4 is 5.32 Å². The molecule has 1 aromatic rings. The molecule has 0 spiro atoms. The van der Waals surface area contributed by atoms with Crippen LogP contribution in [0.25, 0.3) is 0 Å². The van der Waals surface area contributed by atoms with E-state index in [0.29, 0.717) is 18.1 Å². The SMILES string of the molecule is CCN=C(NC1C2CCOC2C1(C)C)N(C)Cc1cccn1C. The van der Waals surface area contributed by atoms with E-state index in [-0.39, 0.29) is 5.41 Å². The van der Waals surface area contributed by atoms with Crippen molar-refractivity contribution in [1.29, 1.82) is 0 Å². The van der Waals surface area contributed by atoms with Crippen molar-refractivity contribution >= 4 is 5.96 Å². The van der Waals surface area contributed by atoms with Crippen LogP contribution >= 0.6 is 0 Å². The fourth-order valence-corrected chi connectivity index (χ4v) is 4.16. The molecule has 1 aliphatic heterocycles. The maximum Gasteiger partial charge on any atom is 0.194 e. The largest absolute Gasteiger partial charge is 0.377 e. The highest BCUT2D eigenvalue weighted by Gasteiger charge is 2.59. The number of hydrogen-bond donors (Lipinski definition) is 1. The quantitative estimate of drug-likeness (QED) is 0.684. The highest BCUT2D eigenvalue weighted by Crippen LogP contribution is 2.52. The third kappa shape index (κ3) is 2.87. The predicted octanol–water partition coefficient (Wildman–Crippen LogP) is 2.24. The summed E-state index contributed by atoms with van der Waals surface area (Å²) >= 11 is 0. The number of nitrogens with one attached hydrogen (secondary N) is 1. The van der Waals surface area contributed by atoms with Crippen LogP contribution in [0.2, 0.25) is 0 Å². The Kier molecular flexibility index (Phi) is 4.41. The molecule has 0 radical (unpaired) electrons. The Morgan fingerprint density at radius 1 is 1.52 bits per heavy atom. The number of hydrogen-bond acceptors (Lipinski definition) is 2. The molecule has 5 heteroatoms. The normalized spacial score (nSPS) is 29.1. The molecule has 0 aromatic carbocycles. The molecule has 5 nitrogen and oxygen atoms in total. The number of aryl methyl sites for hydroxylation is 1. The van der Waals surface area contributed by atoms with E-state index in [1.54, 1.807) is 0 Å². The molecule has 2 aliphatic rings. The molecule has 128 valence electrons. The summed E-state index contributed by atoms with van der Waals surface area (Å²) in [5.74, 6) is 1.62. The van der Waals surface area contributed by atoms with Crippen molar-refractivity contribution in [2.75, 3.05) is 20.2 Å². The van der Waals surface area contributed by atoms with Crippen LogP contribution in [0.3, 0.4) is 0 Å². The van der Waals surface area contributed by atoms with Crippen LogP contribution in [0.15, 0.2) is 23.3 Å². The van der Waals surface area contributed by atoms with E-state index < -0.39 is 0 Å². The first-order chi connectivity index (χ1) is 10.9. The van der Waals surface area contributed by atoms with Gasteiger partial charge in [-0.15, -0.1) is 0 Å². The number of nitrogens with zero attached hydrogens (tertiary/aromatic N) is 3. The Bertz CT molecular complexity index is 577. The van der Waals surface area contributed by atoms with Crippen molar-refractivity contribution in [2.24, 2.45) is 23.4 Å². The molecule has 2 fully saturated rings. The minimum atomic E-state index is 0.168. The summed E-state index contributed by atoms with van der Waals surface area (Å²) in [5, 5.41) is 3.73. The fraction of sp³-hybridized carbons (Fsp3) is 0.722. The van der Waals surface area contributed by atoms with E-state index in [2.05, 4.69) is 68.0 Å². The molecule has 23 heavy (non-hydrogen) atoms. The number of rotatable bonds is 4. The third-order valence-electron chi connectivity index (χ3n) is 5.51. The lowest BCUT2D eigenvalue weighted by Crippen LogP contribution is -2.67. The minimum absolute atomic E-state index is 0.168. The van der Waals surface area contributed by atoms with Gasteiger partial charge in [0.1, 0.15) is 0 Å². The van der Waals surface area contributed by atoms with Crippen LogP contribution in [0.1, 0.15) is 32.9 Å². The maximum atomic E-state index is 5.90. The van der Waals surface area contributed by atoms with Gasteiger partial charge in [-0.3, -0.25) is 4.99 Å². The lowest BCUT2D eigenvalue weighted by atomic mass is 9.57. The molecule has 0 amide bonds. The second kappa shape index (κ2) is 6.19. The van der Waals surface area contributed by atoms with Crippen molar-refractivity contribution in [3.05, 3.63) is 24.0 Å². The third-order valence-corrected chi connectivity index (χ3v) is 5.51. The van der Waals surface area contributed by atoms with E-state index in [0.717, 1.165) is 32.1 Å². The van der Waals surface area contributed by atoms with Gasteiger partial charge < -0.3 is 19.5 Å². The number of aromatic nitrogens is 1. The summed E-state index contributed by atoms with van der Waals surface area (Å²) in [4.78, 5) is 6.94. The Hall–Kier alpha value is -1.49. The molecule has 3 unspecified atom stereocenters. The second-order valence-electron chi connectivity index (χ2n) is 7.45. The monoisotopic (exact) mass is 318 g/mol. The number of fused-ring (bicyclic) bond motifs is 1. The van der Waals surface area contributed by atoms with Gasteiger partial charge in [-0.05, 0) is 25.5 Å². The highest BCUT2D eigenvalue weighted by atomic mass is 16.5. The highest BCUT2D eigenvalue weighted by molar-refractivity contribution is 5.80. The van der Waals surface area contributed by atoms with Crippen molar-refractivity contribution in [3.8, 4) is 0 Å². The average molecular weight is 318 g/mol. The molecule has 1 N–H and O–H groups in total. The fourth-order valence-electron chi connectivity index (χ4n) is 4.16. The molecule has 1 aromatic heterocycles. The first-order valence-electron chi connectivity index (χ1n) is 8.69. The van der Waals surface area contributed by atoms with E-state index in [1.165, 1.54) is 5.69 Å². The zero-order valence-electron chi connectivity index (χ0n) is 15.0. The molecule has 1 saturated heterocycles. The predicted molar refractivity (Wildman–Crippen MR) is 93.4 cm³/mol. The first-order valence-corrected chi connectivity index (χ1v) is 8.69. The van der Waals surface area contributed by atoms with Gasteiger partial charge in [-0.25, -0.2) is 0 Å². The van der Waals surface area contributed by atoms with Crippen molar-refractivity contribution in [3.63, 3.8) is 0 Å². The van der Waals surface area contributed by atoms with Gasteiger partial charge in [-0.2, -0.15) is 0 Å². The lowest BCUT2D eigenvalue weighted by molar-refractivity contribution is -0.107. The molecular weight excluding hydrogens is 288 g/mol. The summed E-state index contributed by atoms with van der Waals surface area (Å²) in [6, 6.07) is 4.69. The van der Waals surface area contributed by atoms with Gasteiger partial charge in [0.15, 0.2) is 5.96 Å². The molecule has 3 atom stereocenters. The van der Waals surface area contributed by atoms with Gasteiger partial charge >= 0.3 is 0 Å². The van der Waals surface area contributed by atoms with Crippen molar-refractivity contribution < 1.29 is 4.74 Å². The van der Waals surface area contributed by atoms with E-state index in [9.17, 15) is 0 Å². The number of aliphatic imine (C=N–C) groups is 1.